The van der Waals surface area contributed by atoms with Gasteiger partial charge in [0.05, 0.1) is 0 Å². The minimum absolute atomic E-state index is 0.625. The fraction of sp³-hybridized carbons (Fsp3) is 0.300. The van der Waals surface area contributed by atoms with Crippen LogP contribution in [0.25, 0.3) is 5.65 Å². The van der Waals surface area contributed by atoms with E-state index in [0.29, 0.717) is 6.41 Å². The van der Waals surface area contributed by atoms with E-state index in [1.807, 2.05) is 12.3 Å². The van der Waals surface area contributed by atoms with Gasteiger partial charge in [0.25, 0.3) is 0 Å². The number of carbonyl (C=O) groups excluding carboxylic acids is 1. The molecule has 5 nitrogen and oxygen atoms in total. The molecule has 0 atom stereocenters. The fourth-order valence-corrected chi connectivity index (χ4v) is 1.17. The number of imidazole rings is 1. The number of aryl methyl sites for hydroxylation is 1. The number of hydrogen-bond acceptors (Lipinski definition) is 3. The summed E-state index contributed by atoms with van der Waals surface area (Å²) in [5.41, 5.74) is 2.21. The van der Waals surface area contributed by atoms with E-state index in [1.165, 1.54) is 5.56 Å². The molecule has 80 valence electrons. The second-order valence-corrected chi connectivity index (χ2v) is 2.81. The first-order chi connectivity index (χ1) is 7.33. The Kier molecular flexibility index (Phi) is 4.28. The second-order valence-electron chi connectivity index (χ2n) is 2.81. The van der Waals surface area contributed by atoms with Crippen molar-refractivity contribution >= 4 is 12.1 Å². The molecule has 0 bridgehead atoms. The van der Waals surface area contributed by atoms with E-state index in [0.717, 1.165) is 12.1 Å². The van der Waals surface area contributed by atoms with E-state index in [9.17, 15) is 0 Å². The molecule has 0 aliphatic rings. The van der Waals surface area contributed by atoms with Gasteiger partial charge < -0.3 is 5.32 Å². The van der Waals surface area contributed by atoms with Crippen LogP contribution in [0.2, 0.25) is 0 Å². The lowest BCUT2D eigenvalue weighted by molar-refractivity contribution is -0.109. The fourth-order valence-electron chi connectivity index (χ4n) is 1.17. The van der Waals surface area contributed by atoms with Crippen molar-refractivity contribution in [3.05, 3.63) is 30.2 Å². The molecule has 0 saturated heterocycles. The number of carbonyl (C=O) groups is 1. The Hall–Kier alpha value is -1.91. The third-order valence-electron chi connectivity index (χ3n) is 1.87. The van der Waals surface area contributed by atoms with Gasteiger partial charge in [-0.2, -0.15) is 5.10 Å². The molecule has 0 fully saturated rings. The van der Waals surface area contributed by atoms with Gasteiger partial charge in [-0.05, 0) is 18.1 Å². The highest BCUT2D eigenvalue weighted by atomic mass is 16.1. The van der Waals surface area contributed by atoms with E-state index in [1.54, 1.807) is 24.0 Å². The molecule has 2 rings (SSSR count). The Balaban J connectivity index is 0.000000245. The van der Waals surface area contributed by atoms with Crippen molar-refractivity contribution < 1.29 is 4.79 Å². The monoisotopic (exact) mass is 206 g/mol. The van der Waals surface area contributed by atoms with Crippen LogP contribution in [0.15, 0.2) is 24.7 Å². The van der Waals surface area contributed by atoms with Crippen molar-refractivity contribution in [2.24, 2.45) is 0 Å². The van der Waals surface area contributed by atoms with Crippen LogP contribution in [-0.2, 0) is 11.2 Å². The highest BCUT2D eigenvalue weighted by Gasteiger charge is 1.98. The standard InChI is InChI=1S/C8H9N3.C2H5NO/c1-2-7-3-4-10-11-6-5-9-8(7)11;1-3-2-4/h3-6H,2H2,1H3;2H,1H3,(H,3,4). The summed E-state index contributed by atoms with van der Waals surface area (Å²) < 4.78 is 1.79. The number of aromatic nitrogens is 3. The number of nitrogens with zero attached hydrogens (tertiary/aromatic N) is 3. The molecule has 2 aromatic rings. The normalized spacial score (nSPS) is 9.20. The number of amides is 1. The highest BCUT2D eigenvalue weighted by molar-refractivity contribution is 5.45. The van der Waals surface area contributed by atoms with Crippen molar-refractivity contribution in [2.75, 3.05) is 7.05 Å². The molecule has 5 heteroatoms. The number of fused-ring (bicyclic) bond motifs is 1. The van der Waals surface area contributed by atoms with Crippen LogP contribution in [0.1, 0.15) is 12.5 Å². The maximum absolute atomic E-state index is 9.06. The Labute approximate surface area is 88.1 Å². The summed E-state index contributed by atoms with van der Waals surface area (Å²) in [4.78, 5) is 13.3. The highest BCUT2D eigenvalue weighted by Crippen LogP contribution is 2.06. The van der Waals surface area contributed by atoms with Crippen LogP contribution in [0, 0.1) is 0 Å². The predicted octanol–water partition coefficient (Wildman–Crippen LogP) is 0.654. The maximum Gasteiger partial charge on any atom is 0.206 e. The zero-order valence-corrected chi connectivity index (χ0v) is 8.84. The first-order valence-corrected chi connectivity index (χ1v) is 4.71. The van der Waals surface area contributed by atoms with Crippen LogP contribution in [-0.4, -0.2) is 28.1 Å². The van der Waals surface area contributed by atoms with Crippen LogP contribution in [0.5, 0.6) is 0 Å². The maximum atomic E-state index is 9.06. The SMILES string of the molecule is CCc1ccnn2ccnc12.CNC=O. The molecule has 0 saturated carbocycles. The van der Waals surface area contributed by atoms with Crippen molar-refractivity contribution in [3.63, 3.8) is 0 Å². The molecule has 0 aromatic carbocycles. The summed E-state index contributed by atoms with van der Waals surface area (Å²) in [5, 5.41) is 6.35. The molecule has 2 aromatic heterocycles. The zero-order valence-electron chi connectivity index (χ0n) is 8.84. The van der Waals surface area contributed by atoms with E-state index >= 15 is 0 Å². The Morgan fingerprint density at radius 2 is 2.27 bits per heavy atom. The van der Waals surface area contributed by atoms with Gasteiger partial charge in [0.15, 0.2) is 5.65 Å². The van der Waals surface area contributed by atoms with Crippen molar-refractivity contribution in [1.82, 2.24) is 19.9 Å². The molecule has 1 N–H and O–H groups in total. The van der Waals surface area contributed by atoms with Gasteiger partial charge >= 0.3 is 0 Å². The molecular weight excluding hydrogens is 192 g/mol. The van der Waals surface area contributed by atoms with Gasteiger partial charge in [0.2, 0.25) is 6.41 Å². The van der Waals surface area contributed by atoms with E-state index in [-0.39, 0.29) is 0 Å². The quantitative estimate of drug-likeness (QED) is 0.734. The van der Waals surface area contributed by atoms with Crippen LogP contribution >= 0.6 is 0 Å². The Bertz CT molecular complexity index is 424. The van der Waals surface area contributed by atoms with Crippen molar-refractivity contribution in [3.8, 4) is 0 Å². The summed E-state index contributed by atoms with van der Waals surface area (Å²) in [6.45, 7) is 2.12. The smallest absolute Gasteiger partial charge is 0.206 e. The lowest BCUT2D eigenvalue weighted by Gasteiger charge is -1.96. The van der Waals surface area contributed by atoms with Crippen LogP contribution in [0.3, 0.4) is 0 Å². The average Bonchev–Trinajstić information content (AvgIpc) is 2.77. The predicted molar refractivity (Wildman–Crippen MR) is 57.5 cm³/mol. The number of rotatable bonds is 2. The Morgan fingerprint density at radius 3 is 2.87 bits per heavy atom. The van der Waals surface area contributed by atoms with E-state index in [4.69, 9.17) is 4.79 Å². The molecule has 0 radical (unpaired) electrons. The average molecular weight is 206 g/mol. The van der Waals surface area contributed by atoms with Gasteiger partial charge in [-0.15, -0.1) is 0 Å². The number of nitrogens with one attached hydrogen (secondary N) is 1. The summed E-state index contributed by atoms with van der Waals surface area (Å²) in [5.74, 6) is 0. The summed E-state index contributed by atoms with van der Waals surface area (Å²) in [6.07, 6.45) is 7.05. The third kappa shape index (κ3) is 2.77. The van der Waals surface area contributed by atoms with Gasteiger partial charge in [-0.1, -0.05) is 6.92 Å². The third-order valence-corrected chi connectivity index (χ3v) is 1.87. The van der Waals surface area contributed by atoms with Gasteiger partial charge in [0, 0.05) is 25.6 Å². The molecule has 15 heavy (non-hydrogen) atoms. The van der Waals surface area contributed by atoms with Gasteiger partial charge in [0.1, 0.15) is 0 Å². The van der Waals surface area contributed by atoms with Crippen LogP contribution in [0.4, 0.5) is 0 Å². The first-order valence-electron chi connectivity index (χ1n) is 4.71. The molecule has 1 amide bonds. The molecule has 0 aliphatic carbocycles. The molecule has 0 spiro atoms. The first kappa shape index (κ1) is 11.2. The van der Waals surface area contributed by atoms with Crippen LogP contribution < -0.4 is 5.32 Å². The molecule has 0 unspecified atom stereocenters. The molecule has 2 heterocycles. The summed E-state index contributed by atoms with van der Waals surface area (Å²) >= 11 is 0. The minimum Gasteiger partial charge on any atom is -0.362 e. The second kappa shape index (κ2) is 5.74. The van der Waals surface area contributed by atoms with Crippen molar-refractivity contribution in [2.45, 2.75) is 13.3 Å². The molecular formula is C10H14N4O. The van der Waals surface area contributed by atoms with E-state index < -0.39 is 0 Å². The topological polar surface area (TPSA) is 59.3 Å². The Morgan fingerprint density at radius 1 is 1.53 bits per heavy atom. The number of hydrogen-bond donors (Lipinski definition) is 1. The van der Waals surface area contributed by atoms with Gasteiger partial charge in [-0.25, -0.2) is 9.50 Å². The zero-order chi connectivity index (χ0) is 11.1. The lowest BCUT2D eigenvalue weighted by Crippen LogP contribution is -1.98. The lowest BCUT2D eigenvalue weighted by atomic mass is 10.2. The van der Waals surface area contributed by atoms with Crippen molar-refractivity contribution in [1.29, 1.82) is 0 Å². The summed E-state index contributed by atoms with van der Waals surface area (Å²) in [6, 6.07) is 2.00. The minimum atomic E-state index is 0.625. The van der Waals surface area contributed by atoms with Gasteiger partial charge in [-0.3, -0.25) is 4.79 Å². The molecule has 0 aliphatic heterocycles. The largest absolute Gasteiger partial charge is 0.362 e. The summed E-state index contributed by atoms with van der Waals surface area (Å²) in [7, 11) is 1.56. The van der Waals surface area contributed by atoms with E-state index in [2.05, 4.69) is 22.3 Å².